The Bertz CT molecular complexity index is 1060. The normalized spacial score (nSPS) is 20.9. The molecule has 2 unspecified atom stereocenters. The minimum Gasteiger partial charge on any atom is -0.459 e. The number of carbonyl (C=O) groups excluding carboxylic acids is 2. The first-order valence-corrected chi connectivity index (χ1v) is 12.6. The van der Waals surface area contributed by atoms with Crippen LogP contribution in [0.3, 0.4) is 0 Å². The zero-order valence-electron chi connectivity index (χ0n) is 20.7. The van der Waals surface area contributed by atoms with Crippen molar-refractivity contribution in [3.8, 4) is 0 Å². The van der Waals surface area contributed by atoms with Gasteiger partial charge in [-0.2, -0.15) is 0 Å². The van der Waals surface area contributed by atoms with E-state index in [9.17, 15) is 9.59 Å². The van der Waals surface area contributed by atoms with Gasteiger partial charge in [0.15, 0.2) is 5.76 Å². The van der Waals surface area contributed by atoms with Crippen molar-refractivity contribution in [2.45, 2.75) is 63.7 Å². The number of nitrogens with zero attached hydrogens (tertiary/aromatic N) is 2. The molecule has 1 N–H and O–H groups in total. The van der Waals surface area contributed by atoms with Crippen LogP contribution in [0.1, 0.15) is 61.7 Å². The zero-order valence-corrected chi connectivity index (χ0v) is 20.7. The molecule has 0 radical (unpaired) electrons. The number of hydrogen-bond donors (Lipinski definition) is 1. The molecular weight excluding hydrogens is 448 g/mol. The molecule has 2 aromatic rings. The van der Waals surface area contributed by atoms with Crippen molar-refractivity contribution in [1.29, 1.82) is 0 Å². The Morgan fingerprint density at radius 3 is 2.66 bits per heavy atom. The van der Waals surface area contributed by atoms with Gasteiger partial charge in [0, 0.05) is 43.9 Å². The molecule has 2 atom stereocenters. The van der Waals surface area contributed by atoms with Crippen LogP contribution in [-0.4, -0.2) is 72.2 Å². The number of aliphatic hydroxyl groups excluding tert-OH is 1. The number of carbonyl (C=O) groups is 2. The molecule has 1 amide bonds. The SMILES string of the molecule is CC(=O)n1cc(C2C=C(C(=O)N(C)C3CCCCC3)OC(OCCOCCO)C2)c2ccccc21. The van der Waals surface area contributed by atoms with Gasteiger partial charge in [0.25, 0.3) is 5.91 Å². The lowest BCUT2D eigenvalue weighted by molar-refractivity contribution is -0.157. The molecule has 8 heteroatoms. The number of benzene rings is 1. The van der Waals surface area contributed by atoms with E-state index in [1.807, 2.05) is 48.5 Å². The Balaban J connectivity index is 1.61. The average Bonchev–Trinajstić information content (AvgIpc) is 3.28. The highest BCUT2D eigenvalue weighted by Gasteiger charge is 2.33. The Morgan fingerprint density at radius 2 is 1.91 bits per heavy atom. The predicted octanol–water partition coefficient (Wildman–Crippen LogP) is 3.83. The van der Waals surface area contributed by atoms with E-state index in [1.165, 1.54) is 6.42 Å². The Hall–Kier alpha value is -2.68. The van der Waals surface area contributed by atoms with Crippen LogP contribution in [0.2, 0.25) is 0 Å². The van der Waals surface area contributed by atoms with Gasteiger partial charge in [0.2, 0.25) is 12.2 Å². The van der Waals surface area contributed by atoms with E-state index >= 15 is 0 Å². The van der Waals surface area contributed by atoms with Gasteiger partial charge in [-0.05, 0) is 30.5 Å². The van der Waals surface area contributed by atoms with Crippen molar-refractivity contribution < 1.29 is 28.9 Å². The summed E-state index contributed by atoms with van der Waals surface area (Å²) in [5, 5.41) is 9.87. The highest BCUT2D eigenvalue weighted by molar-refractivity contribution is 5.95. The fourth-order valence-electron chi connectivity index (χ4n) is 5.10. The van der Waals surface area contributed by atoms with E-state index in [2.05, 4.69) is 0 Å². The lowest BCUT2D eigenvalue weighted by Gasteiger charge is -2.34. The number of likely N-dealkylation sites (N-methyl/N-ethyl adjacent to an activating group) is 1. The number of allylic oxidation sites excluding steroid dienone is 1. The smallest absolute Gasteiger partial charge is 0.288 e. The van der Waals surface area contributed by atoms with Gasteiger partial charge in [-0.25, -0.2) is 0 Å². The second kappa shape index (κ2) is 11.8. The molecule has 8 nitrogen and oxygen atoms in total. The number of hydrogen-bond acceptors (Lipinski definition) is 6. The van der Waals surface area contributed by atoms with Gasteiger partial charge in [0.05, 0.1) is 31.9 Å². The number of ether oxygens (including phenoxy) is 3. The fourth-order valence-corrected chi connectivity index (χ4v) is 5.10. The maximum absolute atomic E-state index is 13.5. The van der Waals surface area contributed by atoms with Crippen LogP contribution >= 0.6 is 0 Å². The van der Waals surface area contributed by atoms with E-state index in [4.69, 9.17) is 19.3 Å². The van der Waals surface area contributed by atoms with Crippen molar-refractivity contribution in [1.82, 2.24) is 9.47 Å². The van der Waals surface area contributed by atoms with Gasteiger partial charge in [0.1, 0.15) is 0 Å². The number of para-hydroxylation sites is 1. The number of aliphatic hydroxyl groups is 1. The van der Waals surface area contributed by atoms with E-state index in [1.54, 1.807) is 11.5 Å². The van der Waals surface area contributed by atoms with Crippen LogP contribution in [0.25, 0.3) is 10.9 Å². The molecule has 1 fully saturated rings. The van der Waals surface area contributed by atoms with E-state index in [0.717, 1.165) is 42.1 Å². The monoisotopic (exact) mass is 484 g/mol. The first-order chi connectivity index (χ1) is 17.0. The maximum atomic E-state index is 13.5. The second-order valence-electron chi connectivity index (χ2n) is 9.33. The highest BCUT2D eigenvalue weighted by Crippen LogP contribution is 2.37. The first kappa shape index (κ1) is 25.4. The molecule has 1 aromatic heterocycles. The van der Waals surface area contributed by atoms with Crippen LogP contribution in [0, 0.1) is 0 Å². The van der Waals surface area contributed by atoms with E-state index in [-0.39, 0.29) is 49.4 Å². The van der Waals surface area contributed by atoms with Gasteiger partial charge < -0.3 is 24.2 Å². The first-order valence-electron chi connectivity index (χ1n) is 12.6. The summed E-state index contributed by atoms with van der Waals surface area (Å²) in [6, 6.07) is 8.01. The summed E-state index contributed by atoms with van der Waals surface area (Å²) in [7, 11) is 1.85. The molecule has 1 aromatic carbocycles. The molecule has 4 rings (SSSR count). The fraction of sp³-hybridized carbons (Fsp3) is 0.556. The zero-order chi connectivity index (χ0) is 24.8. The van der Waals surface area contributed by atoms with E-state index < -0.39 is 6.29 Å². The van der Waals surface area contributed by atoms with Crippen LogP contribution in [0.4, 0.5) is 0 Å². The molecular formula is C27H36N2O6. The van der Waals surface area contributed by atoms with Gasteiger partial charge in [-0.15, -0.1) is 0 Å². The lowest BCUT2D eigenvalue weighted by atomic mass is 9.91. The second-order valence-corrected chi connectivity index (χ2v) is 9.33. The molecule has 0 saturated heterocycles. The van der Waals surface area contributed by atoms with Gasteiger partial charge >= 0.3 is 0 Å². The number of amides is 1. The van der Waals surface area contributed by atoms with Gasteiger partial charge in [-0.3, -0.25) is 14.2 Å². The average molecular weight is 485 g/mol. The summed E-state index contributed by atoms with van der Waals surface area (Å²) >= 11 is 0. The minimum absolute atomic E-state index is 0.0445. The van der Waals surface area contributed by atoms with Crippen molar-refractivity contribution in [2.24, 2.45) is 0 Å². The summed E-state index contributed by atoms with van der Waals surface area (Å²) in [4.78, 5) is 27.6. The molecule has 0 spiro atoms. The van der Waals surface area contributed by atoms with Crippen molar-refractivity contribution in [2.75, 3.05) is 33.5 Å². The van der Waals surface area contributed by atoms with Crippen molar-refractivity contribution in [3.05, 3.63) is 47.9 Å². The molecule has 1 saturated carbocycles. The van der Waals surface area contributed by atoms with Crippen molar-refractivity contribution in [3.63, 3.8) is 0 Å². The standard InChI is InChI=1S/C27H36N2O6/c1-19(31)29-18-23(22-10-6-7-11-24(22)29)20-16-25(27(32)28(2)21-8-4-3-5-9-21)35-26(17-20)34-15-14-33-13-12-30/h6-7,10-11,16,18,20-21,26,30H,3-5,8-9,12-15,17H2,1-2H3. The molecule has 2 aliphatic rings. The topological polar surface area (TPSA) is 90.2 Å². The number of rotatable bonds is 9. The summed E-state index contributed by atoms with van der Waals surface area (Å²) < 4.78 is 19.0. The van der Waals surface area contributed by atoms with Crippen LogP contribution in [-0.2, 0) is 19.0 Å². The lowest BCUT2D eigenvalue weighted by Crippen LogP contribution is -2.41. The molecule has 1 aliphatic heterocycles. The molecule has 2 heterocycles. The third-order valence-electron chi connectivity index (χ3n) is 6.96. The largest absolute Gasteiger partial charge is 0.459 e. The van der Waals surface area contributed by atoms with Crippen LogP contribution < -0.4 is 0 Å². The highest BCUT2D eigenvalue weighted by atomic mass is 16.7. The molecule has 35 heavy (non-hydrogen) atoms. The van der Waals surface area contributed by atoms with Crippen LogP contribution in [0.5, 0.6) is 0 Å². The summed E-state index contributed by atoms with van der Waals surface area (Å²) in [5.41, 5.74) is 1.81. The predicted molar refractivity (Wildman–Crippen MR) is 132 cm³/mol. The Kier molecular flexibility index (Phi) is 8.59. The summed E-state index contributed by atoms with van der Waals surface area (Å²) in [6.07, 6.45) is 9.14. The Morgan fingerprint density at radius 1 is 1.14 bits per heavy atom. The third-order valence-corrected chi connectivity index (χ3v) is 6.96. The van der Waals surface area contributed by atoms with Crippen LogP contribution in [0.15, 0.2) is 42.3 Å². The number of aromatic nitrogens is 1. The molecule has 190 valence electrons. The molecule has 1 aliphatic carbocycles. The van der Waals surface area contributed by atoms with Crippen molar-refractivity contribution >= 4 is 22.7 Å². The van der Waals surface area contributed by atoms with E-state index in [0.29, 0.717) is 13.0 Å². The molecule has 0 bridgehead atoms. The summed E-state index contributed by atoms with van der Waals surface area (Å²) in [5.74, 6) is -0.0701. The quantitative estimate of drug-likeness (QED) is 0.544. The minimum atomic E-state index is -0.624. The van der Waals surface area contributed by atoms with Gasteiger partial charge in [-0.1, -0.05) is 37.5 Å². The number of fused-ring (bicyclic) bond motifs is 1. The maximum Gasteiger partial charge on any atom is 0.288 e. The third kappa shape index (κ3) is 5.94. The summed E-state index contributed by atoms with van der Waals surface area (Å²) in [6.45, 7) is 2.35. The Labute approximate surface area is 206 Å².